The van der Waals surface area contributed by atoms with Gasteiger partial charge in [-0.1, -0.05) is 40.2 Å². The average Bonchev–Trinajstić information content (AvgIpc) is 2.98. The summed E-state index contributed by atoms with van der Waals surface area (Å²) in [7, 11) is 0. The molecule has 2 heterocycles. The molecule has 0 saturated carbocycles. The SMILES string of the molecule is Nc1nc(C(=O)N2Cc3ccccc3C2)c2cc(Br)ccc2n1. The summed E-state index contributed by atoms with van der Waals surface area (Å²) in [5, 5.41) is 0.703. The maximum Gasteiger partial charge on any atom is 0.273 e. The molecule has 114 valence electrons. The summed E-state index contributed by atoms with van der Waals surface area (Å²) in [6, 6.07) is 13.6. The van der Waals surface area contributed by atoms with Crippen LogP contribution < -0.4 is 5.73 Å². The second-order valence-corrected chi connectivity index (χ2v) is 6.44. The molecule has 4 rings (SSSR count). The zero-order chi connectivity index (χ0) is 16.0. The zero-order valence-corrected chi connectivity index (χ0v) is 13.7. The minimum Gasteiger partial charge on any atom is -0.368 e. The van der Waals surface area contributed by atoms with Crippen LogP contribution in [-0.4, -0.2) is 20.8 Å². The highest BCUT2D eigenvalue weighted by atomic mass is 79.9. The fourth-order valence-electron chi connectivity index (χ4n) is 2.91. The van der Waals surface area contributed by atoms with Gasteiger partial charge in [0, 0.05) is 22.9 Å². The minimum absolute atomic E-state index is 0.111. The summed E-state index contributed by atoms with van der Waals surface area (Å²) in [6.07, 6.45) is 0. The van der Waals surface area contributed by atoms with E-state index >= 15 is 0 Å². The Labute approximate surface area is 141 Å². The molecule has 0 atom stereocenters. The molecule has 0 bridgehead atoms. The first-order valence-corrected chi connectivity index (χ1v) is 8.00. The molecule has 1 amide bonds. The number of carbonyl (C=O) groups excluding carboxylic acids is 1. The van der Waals surface area contributed by atoms with Crippen molar-refractivity contribution in [3.05, 3.63) is 63.8 Å². The molecule has 1 aromatic heterocycles. The number of fused-ring (bicyclic) bond motifs is 2. The Balaban J connectivity index is 1.78. The second-order valence-electron chi connectivity index (χ2n) is 5.52. The molecule has 6 heteroatoms. The predicted octanol–water partition coefficient (Wildman–Crippen LogP) is 3.13. The lowest BCUT2D eigenvalue weighted by Gasteiger charge is -2.16. The molecule has 5 nitrogen and oxygen atoms in total. The van der Waals surface area contributed by atoms with Gasteiger partial charge >= 0.3 is 0 Å². The molecule has 0 fully saturated rings. The number of nitrogen functional groups attached to an aromatic ring is 1. The van der Waals surface area contributed by atoms with Crippen molar-refractivity contribution < 1.29 is 4.79 Å². The Morgan fingerprint density at radius 1 is 1.09 bits per heavy atom. The third-order valence-corrected chi connectivity index (χ3v) is 4.50. The van der Waals surface area contributed by atoms with E-state index in [1.165, 1.54) is 11.1 Å². The standard InChI is InChI=1S/C17H13BrN4O/c18-12-5-6-14-13(7-12)15(21-17(19)20-14)16(23)22-8-10-3-1-2-4-11(10)9-22/h1-7H,8-9H2,(H2,19,20,21). The van der Waals surface area contributed by atoms with Gasteiger partial charge in [0.15, 0.2) is 0 Å². The summed E-state index contributed by atoms with van der Waals surface area (Å²) in [4.78, 5) is 23.1. The number of benzene rings is 2. The third-order valence-electron chi connectivity index (χ3n) is 4.01. The van der Waals surface area contributed by atoms with Crippen molar-refractivity contribution in [3.8, 4) is 0 Å². The number of halogens is 1. The van der Waals surface area contributed by atoms with Gasteiger partial charge in [-0.25, -0.2) is 9.97 Å². The van der Waals surface area contributed by atoms with Crippen molar-refractivity contribution in [1.29, 1.82) is 0 Å². The van der Waals surface area contributed by atoms with Crippen LogP contribution in [0.3, 0.4) is 0 Å². The quantitative estimate of drug-likeness (QED) is 0.715. The Morgan fingerprint density at radius 3 is 2.48 bits per heavy atom. The first-order chi connectivity index (χ1) is 11.1. The van der Waals surface area contributed by atoms with Crippen molar-refractivity contribution in [2.24, 2.45) is 0 Å². The van der Waals surface area contributed by atoms with Crippen LogP contribution >= 0.6 is 15.9 Å². The van der Waals surface area contributed by atoms with Crippen LogP contribution in [0, 0.1) is 0 Å². The lowest BCUT2D eigenvalue weighted by atomic mass is 10.1. The lowest BCUT2D eigenvalue weighted by Crippen LogP contribution is -2.27. The number of rotatable bonds is 1. The highest BCUT2D eigenvalue weighted by Crippen LogP contribution is 2.27. The van der Waals surface area contributed by atoms with Gasteiger partial charge in [-0.2, -0.15) is 0 Å². The highest BCUT2D eigenvalue weighted by molar-refractivity contribution is 9.10. The molecule has 1 aliphatic rings. The Morgan fingerprint density at radius 2 is 1.78 bits per heavy atom. The van der Waals surface area contributed by atoms with Gasteiger partial charge in [-0.3, -0.25) is 4.79 Å². The summed E-state index contributed by atoms with van der Waals surface area (Å²) < 4.78 is 0.872. The van der Waals surface area contributed by atoms with Gasteiger partial charge < -0.3 is 10.6 Å². The molecule has 0 spiro atoms. The molecule has 23 heavy (non-hydrogen) atoms. The smallest absolute Gasteiger partial charge is 0.273 e. The van der Waals surface area contributed by atoms with Crippen LogP contribution in [0.2, 0.25) is 0 Å². The molecular formula is C17H13BrN4O. The van der Waals surface area contributed by atoms with E-state index in [9.17, 15) is 4.79 Å². The van der Waals surface area contributed by atoms with Crippen molar-refractivity contribution in [1.82, 2.24) is 14.9 Å². The topological polar surface area (TPSA) is 72.1 Å². The molecule has 0 radical (unpaired) electrons. The van der Waals surface area contributed by atoms with E-state index in [1.54, 1.807) is 4.90 Å². The maximum absolute atomic E-state index is 13.0. The first kappa shape index (κ1) is 14.1. The van der Waals surface area contributed by atoms with Gasteiger partial charge in [0.1, 0.15) is 5.69 Å². The maximum atomic E-state index is 13.0. The number of amides is 1. The molecule has 3 aromatic rings. The number of anilines is 1. The molecule has 2 aromatic carbocycles. The zero-order valence-electron chi connectivity index (χ0n) is 12.2. The number of nitrogens with zero attached hydrogens (tertiary/aromatic N) is 3. The molecule has 0 unspecified atom stereocenters. The molecule has 1 aliphatic heterocycles. The fourth-order valence-corrected chi connectivity index (χ4v) is 3.27. The van der Waals surface area contributed by atoms with Crippen molar-refractivity contribution >= 4 is 38.7 Å². The largest absolute Gasteiger partial charge is 0.368 e. The van der Waals surface area contributed by atoms with Crippen LogP contribution in [0.1, 0.15) is 21.6 Å². The number of aromatic nitrogens is 2. The van der Waals surface area contributed by atoms with Crippen LogP contribution in [0.25, 0.3) is 10.9 Å². The van der Waals surface area contributed by atoms with Gasteiger partial charge in [0.2, 0.25) is 5.95 Å². The van der Waals surface area contributed by atoms with Gasteiger partial charge in [-0.15, -0.1) is 0 Å². The summed E-state index contributed by atoms with van der Waals surface area (Å²) in [5.41, 5.74) is 9.14. The highest BCUT2D eigenvalue weighted by Gasteiger charge is 2.26. The van der Waals surface area contributed by atoms with Crippen LogP contribution in [0.15, 0.2) is 46.9 Å². The average molecular weight is 369 g/mol. The van der Waals surface area contributed by atoms with Gasteiger partial charge in [-0.05, 0) is 29.3 Å². The van der Waals surface area contributed by atoms with Crippen LogP contribution in [0.5, 0.6) is 0 Å². The predicted molar refractivity (Wildman–Crippen MR) is 91.7 cm³/mol. The summed E-state index contributed by atoms with van der Waals surface area (Å²) >= 11 is 3.43. The van der Waals surface area contributed by atoms with E-state index in [0.29, 0.717) is 29.7 Å². The van der Waals surface area contributed by atoms with Crippen LogP contribution in [0.4, 0.5) is 5.95 Å². The van der Waals surface area contributed by atoms with E-state index in [2.05, 4.69) is 25.9 Å². The molecule has 0 aliphatic carbocycles. The Bertz CT molecular complexity index is 916. The normalized spacial score (nSPS) is 13.3. The van der Waals surface area contributed by atoms with E-state index < -0.39 is 0 Å². The van der Waals surface area contributed by atoms with Gasteiger partial charge in [0.05, 0.1) is 5.52 Å². The fraction of sp³-hybridized carbons (Fsp3) is 0.118. The van der Waals surface area contributed by atoms with E-state index in [0.717, 1.165) is 4.47 Å². The van der Waals surface area contributed by atoms with Gasteiger partial charge in [0.25, 0.3) is 5.91 Å². The number of hydrogen-bond acceptors (Lipinski definition) is 4. The minimum atomic E-state index is -0.126. The van der Waals surface area contributed by atoms with E-state index in [4.69, 9.17) is 5.73 Å². The molecular weight excluding hydrogens is 356 g/mol. The van der Waals surface area contributed by atoms with E-state index in [-0.39, 0.29) is 11.9 Å². The lowest BCUT2D eigenvalue weighted by molar-refractivity contribution is 0.0747. The Kier molecular flexibility index (Phi) is 3.27. The van der Waals surface area contributed by atoms with E-state index in [1.807, 2.05) is 42.5 Å². The van der Waals surface area contributed by atoms with Crippen molar-refractivity contribution in [3.63, 3.8) is 0 Å². The van der Waals surface area contributed by atoms with Crippen LogP contribution in [-0.2, 0) is 13.1 Å². The van der Waals surface area contributed by atoms with Crippen molar-refractivity contribution in [2.45, 2.75) is 13.1 Å². The second kappa shape index (κ2) is 5.31. The summed E-state index contributed by atoms with van der Waals surface area (Å²) in [5.74, 6) is -0.0155. The monoisotopic (exact) mass is 368 g/mol. The first-order valence-electron chi connectivity index (χ1n) is 7.20. The molecule has 2 N–H and O–H groups in total. The number of hydrogen-bond donors (Lipinski definition) is 1. The number of carbonyl (C=O) groups is 1. The summed E-state index contributed by atoms with van der Waals surface area (Å²) in [6.45, 7) is 1.18. The van der Waals surface area contributed by atoms with Crippen molar-refractivity contribution in [2.75, 3.05) is 5.73 Å². The third kappa shape index (κ3) is 2.45. The number of nitrogens with two attached hydrogens (primary N) is 1. The molecule has 0 saturated heterocycles. The Hall–Kier alpha value is -2.47.